The van der Waals surface area contributed by atoms with Crippen molar-refractivity contribution in [2.75, 3.05) is 31.5 Å². The van der Waals surface area contributed by atoms with Crippen LogP contribution in [0.3, 0.4) is 0 Å². The molecule has 0 bridgehead atoms. The van der Waals surface area contributed by atoms with Crippen LogP contribution in [-0.4, -0.2) is 42.0 Å². The number of halogens is 5. The standard InChI is InChI=1S/C24H20F5N3O/c25-17-5-1-15(2-6-17)23(16-3-7-18(26)8-4-16)31-11-13-32(14-12-31)24(33)30-20-10-9-19(27)21(28)22(20)29/h1-10,23H,11-14H2,(H,30,33). The molecule has 4 rings (SSSR count). The number of carbonyl (C=O) groups excluding carboxylic acids is 1. The highest BCUT2D eigenvalue weighted by molar-refractivity contribution is 5.89. The summed E-state index contributed by atoms with van der Waals surface area (Å²) < 4.78 is 67.3. The Morgan fingerprint density at radius 3 is 1.73 bits per heavy atom. The van der Waals surface area contributed by atoms with Crippen LogP contribution < -0.4 is 5.32 Å². The molecule has 2 amide bonds. The first-order valence-corrected chi connectivity index (χ1v) is 10.3. The Morgan fingerprint density at radius 2 is 1.21 bits per heavy atom. The predicted molar refractivity (Wildman–Crippen MR) is 113 cm³/mol. The van der Waals surface area contributed by atoms with Gasteiger partial charge in [-0.25, -0.2) is 26.7 Å². The normalized spacial score (nSPS) is 14.5. The van der Waals surface area contributed by atoms with Crippen molar-refractivity contribution in [2.45, 2.75) is 6.04 Å². The molecule has 0 radical (unpaired) electrons. The van der Waals surface area contributed by atoms with Crippen LogP contribution in [-0.2, 0) is 0 Å². The van der Waals surface area contributed by atoms with Gasteiger partial charge in [0.1, 0.15) is 11.6 Å². The Balaban J connectivity index is 1.48. The third-order valence-electron chi connectivity index (χ3n) is 5.61. The van der Waals surface area contributed by atoms with Crippen LogP contribution in [0.15, 0.2) is 60.7 Å². The fourth-order valence-corrected chi connectivity index (χ4v) is 3.90. The van der Waals surface area contributed by atoms with Gasteiger partial charge in [-0.2, -0.15) is 0 Å². The van der Waals surface area contributed by atoms with Gasteiger partial charge in [-0.3, -0.25) is 4.90 Å². The number of nitrogens with one attached hydrogen (secondary N) is 1. The quantitative estimate of drug-likeness (QED) is 0.422. The smallest absolute Gasteiger partial charge is 0.322 e. The summed E-state index contributed by atoms with van der Waals surface area (Å²) in [5.41, 5.74) is 1.17. The van der Waals surface area contributed by atoms with E-state index in [2.05, 4.69) is 10.2 Å². The summed E-state index contributed by atoms with van der Waals surface area (Å²) in [7, 11) is 0. The first-order chi connectivity index (χ1) is 15.8. The Hall–Kier alpha value is -3.46. The van der Waals surface area contributed by atoms with Crippen LogP contribution in [0.25, 0.3) is 0 Å². The van der Waals surface area contributed by atoms with E-state index in [1.807, 2.05) is 0 Å². The van der Waals surface area contributed by atoms with E-state index >= 15 is 0 Å². The number of hydrogen-bond acceptors (Lipinski definition) is 2. The van der Waals surface area contributed by atoms with E-state index in [0.717, 1.165) is 23.3 Å². The van der Waals surface area contributed by atoms with Crippen molar-refractivity contribution in [1.82, 2.24) is 9.80 Å². The number of urea groups is 1. The van der Waals surface area contributed by atoms with E-state index < -0.39 is 29.2 Å². The molecule has 0 saturated carbocycles. The molecule has 172 valence electrons. The SMILES string of the molecule is O=C(Nc1ccc(F)c(F)c1F)N1CCN(C(c2ccc(F)cc2)c2ccc(F)cc2)CC1. The van der Waals surface area contributed by atoms with Crippen LogP contribution in [0.5, 0.6) is 0 Å². The molecule has 4 nitrogen and oxygen atoms in total. The molecule has 1 aliphatic heterocycles. The monoisotopic (exact) mass is 461 g/mol. The number of rotatable bonds is 4. The van der Waals surface area contributed by atoms with Crippen molar-refractivity contribution in [3.63, 3.8) is 0 Å². The summed E-state index contributed by atoms with van der Waals surface area (Å²) in [5.74, 6) is -5.20. The van der Waals surface area contributed by atoms with Gasteiger partial charge in [-0.1, -0.05) is 24.3 Å². The van der Waals surface area contributed by atoms with Gasteiger partial charge in [0, 0.05) is 26.2 Å². The minimum Gasteiger partial charge on any atom is -0.322 e. The minimum absolute atomic E-state index is 0.274. The van der Waals surface area contributed by atoms with Crippen molar-refractivity contribution in [2.24, 2.45) is 0 Å². The molecule has 0 aromatic heterocycles. The van der Waals surface area contributed by atoms with Gasteiger partial charge in [0.15, 0.2) is 17.5 Å². The van der Waals surface area contributed by atoms with Gasteiger partial charge < -0.3 is 10.2 Å². The maximum absolute atomic E-state index is 13.9. The van der Waals surface area contributed by atoms with Gasteiger partial charge >= 0.3 is 6.03 Å². The van der Waals surface area contributed by atoms with Crippen molar-refractivity contribution in [3.8, 4) is 0 Å². The molecule has 3 aromatic rings. The number of carbonyl (C=O) groups is 1. The summed E-state index contributed by atoms with van der Waals surface area (Å²) in [6.07, 6.45) is 0. The molecule has 1 fully saturated rings. The molecular weight excluding hydrogens is 441 g/mol. The lowest BCUT2D eigenvalue weighted by atomic mass is 9.96. The van der Waals surface area contributed by atoms with E-state index in [0.29, 0.717) is 13.1 Å². The molecule has 1 aliphatic rings. The molecule has 0 spiro atoms. The lowest BCUT2D eigenvalue weighted by molar-refractivity contribution is 0.126. The van der Waals surface area contributed by atoms with Gasteiger partial charge in [0.25, 0.3) is 0 Å². The molecule has 1 saturated heterocycles. The second-order valence-corrected chi connectivity index (χ2v) is 7.68. The van der Waals surface area contributed by atoms with Crippen LogP contribution >= 0.6 is 0 Å². The third-order valence-corrected chi connectivity index (χ3v) is 5.61. The average molecular weight is 461 g/mol. The maximum atomic E-state index is 13.9. The minimum atomic E-state index is -1.65. The Labute approximate surface area is 187 Å². The molecule has 0 unspecified atom stereocenters. The second-order valence-electron chi connectivity index (χ2n) is 7.68. The molecule has 0 aliphatic carbocycles. The lowest BCUT2D eigenvalue weighted by Gasteiger charge is -2.39. The summed E-state index contributed by atoms with van der Waals surface area (Å²) in [5, 5.41) is 2.27. The maximum Gasteiger partial charge on any atom is 0.322 e. The zero-order chi connectivity index (χ0) is 23.5. The molecule has 9 heteroatoms. The van der Waals surface area contributed by atoms with E-state index in [4.69, 9.17) is 0 Å². The van der Waals surface area contributed by atoms with E-state index in [1.165, 1.54) is 29.2 Å². The van der Waals surface area contributed by atoms with Crippen LogP contribution in [0.4, 0.5) is 32.4 Å². The zero-order valence-electron chi connectivity index (χ0n) is 17.4. The second kappa shape index (κ2) is 9.58. The average Bonchev–Trinajstić information content (AvgIpc) is 2.82. The topological polar surface area (TPSA) is 35.6 Å². The number of benzene rings is 3. The highest BCUT2D eigenvalue weighted by atomic mass is 19.2. The molecule has 3 aromatic carbocycles. The van der Waals surface area contributed by atoms with Crippen LogP contribution in [0, 0.1) is 29.1 Å². The number of hydrogen-bond donors (Lipinski definition) is 1. The van der Waals surface area contributed by atoms with Crippen molar-refractivity contribution < 1.29 is 26.7 Å². The van der Waals surface area contributed by atoms with Gasteiger partial charge in [0.2, 0.25) is 0 Å². The highest BCUT2D eigenvalue weighted by Gasteiger charge is 2.29. The van der Waals surface area contributed by atoms with Gasteiger partial charge in [0.05, 0.1) is 11.7 Å². The highest BCUT2D eigenvalue weighted by Crippen LogP contribution is 2.30. The molecule has 0 atom stereocenters. The van der Waals surface area contributed by atoms with Gasteiger partial charge in [-0.05, 0) is 47.5 Å². The molecule has 33 heavy (non-hydrogen) atoms. The zero-order valence-corrected chi connectivity index (χ0v) is 17.4. The third kappa shape index (κ3) is 4.98. The number of piperazine rings is 1. The summed E-state index contributed by atoms with van der Waals surface area (Å²) in [4.78, 5) is 16.0. The fourth-order valence-electron chi connectivity index (χ4n) is 3.90. The van der Waals surface area contributed by atoms with E-state index in [-0.39, 0.29) is 30.8 Å². The van der Waals surface area contributed by atoms with Crippen molar-refractivity contribution in [3.05, 3.63) is 101 Å². The van der Waals surface area contributed by atoms with E-state index in [9.17, 15) is 26.7 Å². The largest absolute Gasteiger partial charge is 0.322 e. The first-order valence-electron chi connectivity index (χ1n) is 10.3. The lowest BCUT2D eigenvalue weighted by Crippen LogP contribution is -2.51. The molecule has 1 N–H and O–H groups in total. The molecule has 1 heterocycles. The Kier molecular flexibility index (Phi) is 6.60. The number of amides is 2. The van der Waals surface area contributed by atoms with Crippen molar-refractivity contribution >= 4 is 11.7 Å². The Bertz CT molecular complexity index is 1080. The first kappa shape index (κ1) is 22.7. The summed E-state index contributed by atoms with van der Waals surface area (Å²) >= 11 is 0. The van der Waals surface area contributed by atoms with Gasteiger partial charge in [-0.15, -0.1) is 0 Å². The number of anilines is 1. The van der Waals surface area contributed by atoms with E-state index in [1.54, 1.807) is 24.3 Å². The fraction of sp³-hybridized carbons (Fsp3) is 0.208. The van der Waals surface area contributed by atoms with Crippen LogP contribution in [0.1, 0.15) is 17.2 Å². The van der Waals surface area contributed by atoms with Crippen molar-refractivity contribution in [1.29, 1.82) is 0 Å². The molecular formula is C24H20F5N3O. The summed E-state index contributed by atoms with van der Waals surface area (Å²) in [6, 6.07) is 12.8. The van der Waals surface area contributed by atoms with Crippen LogP contribution in [0.2, 0.25) is 0 Å². The Morgan fingerprint density at radius 1 is 0.697 bits per heavy atom. The predicted octanol–water partition coefficient (Wildman–Crippen LogP) is 5.32. The summed E-state index contributed by atoms with van der Waals surface area (Å²) in [6.45, 7) is 1.40. The number of nitrogens with zero attached hydrogens (tertiary/aromatic N) is 2.